The molecule has 94 valence electrons. The Morgan fingerprint density at radius 2 is 2.00 bits per heavy atom. The fraction of sp³-hybridized carbons (Fsp3) is 0.0769. The summed E-state index contributed by atoms with van der Waals surface area (Å²) in [7, 11) is 0. The summed E-state index contributed by atoms with van der Waals surface area (Å²) in [5.41, 5.74) is 8.96. The molecule has 0 unspecified atom stereocenters. The maximum Gasteiger partial charge on any atom is 0.138 e. The van der Waals surface area contributed by atoms with Gasteiger partial charge in [-0.15, -0.1) is 0 Å². The standard InChI is InChI=1S/C13H11BrFIN2/c1-7-2-3-8(4-9(7)14)18-13-5-10(15)11(16)6-12(13)17/h2-6,18H,17H2,1H3. The summed E-state index contributed by atoms with van der Waals surface area (Å²) in [5, 5.41) is 3.11. The lowest BCUT2D eigenvalue weighted by Gasteiger charge is -2.11. The summed E-state index contributed by atoms with van der Waals surface area (Å²) in [6, 6.07) is 8.86. The van der Waals surface area contributed by atoms with Crippen LogP contribution in [-0.4, -0.2) is 0 Å². The van der Waals surface area contributed by atoms with Crippen molar-refractivity contribution in [3.63, 3.8) is 0 Å². The average molecular weight is 421 g/mol. The third kappa shape index (κ3) is 2.95. The Kier molecular flexibility index (Phi) is 4.11. The molecule has 0 amide bonds. The van der Waals surface area contributed by atoms with E-state index >= 15 is 0 Å². The van der Waals surface area contributed by atoms with Crippen LogP contribution in [-0.2, 0) is 0 Å². The Labute approximate surface area is 127 Å². The normalized spacial score (nSPS) is 10.4. The molecule has 0 fully saturated rings. The fourth-order valence-electron chi connectivity index (χ4n) is 1.50. The number of nitrogen functional groups attached to an aromatic ring is 1. The lowest BCUT2D eigenvalue weighted by Crippen LogP contribution is -1.99. The van der Waals surface area contributed by atoms with Gasteiger partial charge in [-0.1, -0.05) is 22.0 Å². The summed E-state index contributed by atoms with van der Waals surface area (Å²) in [6.45, 7) is 2.01. The van der Waals surface area contributed by atoms with Crippen molar-refractivity contribution in [1.82, 2.24) is 0 Å². The molecule has 2 nitrogen and oxygen atoms in total. The summed E-state index contributed by atoms with van der Waals surface area (Å²) in [4.78, 5) is 0. The van der Waals surface area contributed by atoms with Crippen molar-refractivity contribution in [3.8, 4) is 0 Å². The molecular weight excluding hydrogens is 410 g/mol. The zero-order valence-electron chi connectivity index (χ0n) is 9.60. The number of nitrogens with one attached hydrogen (secondary N) is 1. The number of nitrogens with two attached hydrogens (primary N) is 1. The second-order valence-electron chi connectivity index (χ2n) is 3.94. The number of hydrogen-bond donors (Lipinski definition) is 2. The molecule has 3 N–H and O–H groups in total. The molecule has 0 radical (unpaired) electrons. The quantitative estimate of drug-likeness (QED) is 0.539. The molecule has 0 bridgehead atoms. The Morgan fingerprint density at radius 3 is 2.67 bits per heavy atom. The Morgan fingerprint density at radius 1 is 1.28 bits per heavy atom. The minimum atomic E-state index is -0.279. The van der Waals surface area contributed by atoms with Crippen LogP contribution in [0.2, 0.25) is 0 Å². The molecule has 2 aromatic rings. The van der Waals surface area contributed by atoms with Crippen molar-refractivity contribution in [2.75, 3.05) is 11.1 Å². The molecule has 5 heteroatoms. The zero-order chi connectivity index (χ0) is 13.3. The van der Waals surface area contributed by atoms with Crippen LogP contribution in [0.1, 0.15) is 5.56 Å². The Balaban J connectivity index is 2.34. The van der Waals surface area contributed by atoms with Crippen LogP contribution in [0.5, 0.6) is 0 Å². The third-order valence-electron chi connectivity index (χ3n) is 2.54. The highest BCUT2D eigenvalue weighted by Crippen LogP contribution is 2.29. The van der Waals surface area contributed by atoms with Gasteiger partial charge in [0.15, 0.2) is 0 Å². The maximum atomic E-state index is 13.5. The van der Waals surface area contributed by atoms with Gasteiger partial charge in [0.05, 0.1) is 14.9 Å². The van der Waals surface area contributed by atoms with E-state index in [0.717, 1.165) is 15.7 Å². The highest BCUT2D eigenvalue weighted by Gasteiger charge is 2.06. The second-order valence-corrected chi connectivity index (χ2v) is 5.96. The van der Waals surface area contributed by atoms with Gasteiger partial charge in [-0.25, -0.2) is 4.39 Å². The first-order valence-electron chi connectivity index (χ1n) is 5.25. The van der Waals surface area contributed by atoms with Crippen LogP contribution >= 0.6 is 38.5 Å². The van der Waals surface area contributed by atoms with Crippen molar-refractivity contribution >= 4 is 55.6 Å². The van der Waals surface area contributed by atoms with Gasteiger partial charge in [-0.3, -0.25) is 0 Å². The number of halogens is 3. The molecule has 0 saturated carbocycles. The highest BCUT2D eigenvalue weighted by atomic mass is 127. The number of benzene rings is 2. The lowest BCUT2D eigenvalue weighted by molar-refractivity contribution is 0.621. The van der Waals surface area contributed by atoms with Crippen LogP contribution in [0.3, 0.4) is 0 Å². The van der Waals surface area contributed by atoms with Crippen LogP contribution in [0.15, 0.2) is 34.8 Å². The molecule has 0 aliphatic heterocycles. The average Bonchev–Trinajstić information content (AvgIpc) is 2.31. The highest BCUT2D eigenvalue weighted by molar-refractivity contribution is 14.1. The van der Waals surface area contributed by atoms with Crippen molar-refractivity contribution < 1.29 is 4.39 Å². The molecule has 0 aromatic heterocycles. The van der Waals surface area contributed by atoms with E-state index in [1.807, 2.05) is 47.7 Å². The predicted octanol–water partition coefficient (Wildman–Crippen LogP) is 4.83. The molecule has 0 heterocycles. The van der Waals surface area contributed by atoms with E-state index in [1.165, 1.54) is 6.07 Å². The third-order valence-corrected chi connectivity index (χ3v) is 4.22. The van der Waals surface area contributed by atoms with E-state index in [1.54, 1.807) is 6.07 Å². The maximum absolute atomic E-state index is 13.5. The van der Waals surface area contributed by atoms with Gasteiger partial charge in [0, 0.05) is 16.2 Å². The number of rotatable bonds is 2. The Bertz CT molecular complexity index is 602. The largest absolute Gasteiger partial charge is 0.397 e. The van der Waals surface area contributed by atoms with Crippen LogP contribution in [0.25, 0.3) is 0 Å². The summed E-state index contributed by atoms with van der Waals surface area (Å²) in [5.74, 6) is -0.279. The first-order chi connectivity index (χ1) is 8.47. The minimum Gasteiger partial charge on any atom is -0.397 e. The first-order valence-corrected chi connectivity index (χ1v) is 7.12. The van der Waals surface area contributed by atoms with Crippen LogP contribution < -0.4 is 11.1 Å². The predicted molar refractivity (Wildman–Crippen MR) is 85.7 cm³/mol. The summed E-state index contributed by atoms with van der Waals surface area (Å²) < 4.78 is 15.0. The smallest absolute Gasteiger partial charge is 0.138 e. The molecule has 18 heavy (non-hydrogen) atoms. The van der Waals surface area contributed by atoms with Gasteiger partial charge in [-0.2, -0.15) is 0 Å². The lowest BCUT2D eigenvalue weighted by atomic mass is 10.2. The topological polar surface area (TPSA) is 38.0 Å². The van der Waals surface area contributed by atoms with E-state index in [0.29, 0.717) is 14.9 Å². The van der Waals surface area contributed by atoms with Gasteiger partial charge in [0.1, 0.15) is 5.82 Å². The monoisotopic (exact) mass is 420 g/mol. The summed E-state index contributed by atoms with van der Waals surface area (Å²) in [6.07, 6.45) is 0. The fourth-order valence-corrected chi connectivity index (χ4v) is 2.37. The molecule has 2 rings (SSSR count). The molecule has 0 aliphatic carbocycles. The molecular formula is C13H11BrFIN2. The molecule has 0 atom stereocenters. The minimum absolute atomic E-state index is 0.279. The van der Waals surface area contributed by atoms with Crippen LogP contribution in [0, 0.1) is 16.3 Å². The van der Waals surface area contributed by atoms with Gasteiger partial charge >= 0.3 is 0 Å². The molecule has 2 aromatic carbocycles. The number of anilines is 3. The van der Waals surface area contributed by atoms with Crippen molar-refractivity contribution in [3.05, 3.63) is 49.8 Å². The van der Waals surface area contributed by atoms with E-state index in [-0.39, 0.29) is 5.82 Å². The second kappa shape index (κ2) is 5.44. The Hall–Kier alpha value is -0.820. The van der Waals surface area contributed by atoms with Crippen LogP contribution in [0.4, 0.5) is 21.5 Å². The van der Waals surface area contributed by atoms with E-state index in [9.17, 15) is 4.39 Å². The number of aryl methyl sites for hydroxylation is 1. The van der Waals surface area contributed by atoms with Crippen molar-refractivity contribution in [2.24, 2.45) is 0 Å². The van der Waals surface area contributed by atoms with E-state index in [4.69, 9.17) is 5.73 Å². The molecule has 0 aliphatic rings. The van der Waals surface area contributed by atoms with Gasteiger partial charge in [-0.05, 0) is 53.3 Å². The molecule has 0 saturated heterocycles. The molecule has 0 spiro atoms. The first kappa shape index (κ1) is 13.6. The summed E-state index contributed by atoms with van der Waals surface area (Å²) >= 11 is 5.37. The van der Waals surface area contributed by atoms with Crippen molar-refractivity contribution in [2.45, 2.75) is 6.92 Å². The van der Waals surface area contributed by atoms with Gasteiger partial charge in [0.25, 0.3) is 0 Å². The van der Waals surface area contributed by atoms with Gasteiger partial charge in [0.2, 0.25) is 0 Å². The van der Waals surface area contributed by atoms with Crippen molar-refractivity contribution in [1.29, 1.82) is 0 Å². The van der Waals surface area contributed by atoms with E-state index in [2.05, 4.69) is 21.2 Å². The number of hydrogen-bond acceptors (Lipinski definition) is 2. The zero-order valence-corrected chi connectivity index (χ0v) is 13.3. The van der Waals surface area contributed by atoms with Gasteiger partial charge < -0.3 is 11.1 Å². The van der Waals surface area contributed by atoms with E-state index < -0.39 is 0 Å². The SMILES string of the molecule is Cc1ccc(Nc2cc(F)c(I)cc2N)cc1Br.